The van der Waals surface area contributed by atoms with Gasteiger partial charge >= 0.3 is 6.36 Å². The number of alkyl halides is 3. The Morgan fingerprint density at radius 1 is 1.23 bits per heavy atom. The molecule has 1 rings (SSSR count). The number of benzene rings is 1. The number of rotatable bonds is 6. The molecule has 0 aromatic heterocycles. The lowest BCUT2D eigenvalue weighted by atomic mass is 9.98. The number of anilines is 1. The smallest absolute Gasteiger partial charge is 0.406 e. The normalized spacial score (nSPS) is 13.1. The maximum absolute atomic E-state index is 12.0. The molecule has 0 atom stereocenters. The SMILES string of the molecule is CCC(O)(CC)CN=C(N)Nc1ccc(OC(F)(F)F)cc1. The Morgan fingerprint density at radius 2 is 1.77 bits per heavy atom. The van der Waals surface area contributed by atoms with Crippen molar-refractivity contribution >= 4 is 11.6 Å². The Hall–Kier alpha value is -1.96. The first-order valence-electron chi connectivity index (χ1n) is 6.82. The Labute approximate surface area is 127 Å². The summed E-state index contributed by atoms with van der Waals surface area (Å²) in [5.74, 6) is -0.246. The van der Waals surface area contributed by atoms with E-state index in [1.165, 1.54) is 12.1 Å². The summed E-state index contributed by atoms with van der Waals surface area (Å²) in [5.41, 5.74) is 5.24. The van der Waals surface area contributed by atoms with Gasteiger partial charge in [0.1, 0.15) is 5.75 Å². The fourth-order valence-electron chi connectivity index (χ4n) is 1.63. The number of nitrogens with one attached hydrogen (secondary N) is 1. The Morgan fingerprint density at radius 3 is 2.23 bits per heavy atom. The van der Waals surface area contributed by atoms with Crippen molar-refractivity contribution in [3.63, 3.8) is 0 Å². The maximum atomic E-state index is 12.0. The van der Waals surface area contributed by atoms with Gasteiger partial charge in [-0.15, -0.1) is 13.2 Å². The quantitative estimate of drug-likeness (QED) is 0.556. The molecule has 124 valence electrons. The van der Waals surface area contributed by atoms with E-state index in [4.69, 9.17) is 5.73 Å². The summed E-state index contributed by atoms with van der Waals surface area (Å²) in [6.45, 7) is 3.85. The van der Waals surface area contributed by atoms with Crippen LogP contribution in [0.5, 0.6) is 5.75 Å². The van der Waals surface area contributed by atoms with Crippen LogP contribution in [0.15, 0.2) is 29.3 Å². The minimum Gasteiger partial charge on any atom is -0.406 e. The predicted octanol–water partition coefficient (Wildman–Crippen LogP) is 2.86. The van der Waals surface area contributed by atoms with Crippen molar-refractivity contribution in [2.24, 2.45) is 10.7 Å². The first-order chi connectivity index (χ1) is 10.2. The molecule has 0 saturated carbocycles. The number of aliphatic imine (C=N–C) groups is 1. The monoisotopic (exact) mass is 319 g/mol. The van der Waals surface area contributed by atoms with Gasteiger partial charge in [-0.25, -0.2) is 0 Å². The average Bonchev–Trinajstić information content (AvgIpc) is 2.45. The zero-order valence-corrected chi connectivity index (χ0v) is 12.4. The first-order valence-corrected chi connectivity index (χ1v) is 6.82. The first kappa shape index (κ1) is 18.1. The van der Waals surface area contributed by atoms with Crippen LogP contribution in [0.4, 0.5) is 18.9 Å². The minimum absolute atomic E-state index is 0.0739. The third kappa shape index (κ3) is 6.21. The second-order valence-electron chi connectivity index (χ2n) is 4.83. The molecular weight excluding hydrogens is 299 g/mol. The largest absolute Gasteiger partial charge is 0.573 e. The predicted molar refractivity (Wildman–Crippen MR) is 78.8 cm³/mol. The van der Waals surface area contributed by atoms with Crippen molar-refractivity contribution in [2.75, 3.05) is 11.9 Å². The van der Waals surface area contributed by atoms with Gasteiger partial charge in [0.15, 0.2) is 5.96 Å². The minimum atomic E-state index is -4.72. The van der Waals surface area contributed by atoms with Crippen LogP contribution in [0.3, 0.4) is 0 Å². The number of hydrogen-bond donors (Lipinski definition) is 3. The van der Waals surface area contributed by atoms with Crippen molar-refractivity contribution < 1.29 is 23.0 Å². The highest BCUT2D eigenvalue weighted by atomic mass is 19.4. The molecule has 5 nitrogen and oxygen atoms in total. The van der Waals surface area contributed by atoms with E-state index in [1.807, 2.05) is 13.8 Å². The second-order valence-corrected chi connectivity index (χ2v) is 4.83. The second kappa shape index (κ2) is 7.35. The number of aliphatic hydroxyl groups is 1. The van der Waals surface area contributed by atoms with Crippen LogP contribution in [0, 0.1) is 0 Å². The summed E-state index contributed by atoms with van der Waals surface area (Å²) in [5, 5.41) is 12.8. The molecule has 0 heterocycles. The zero-order chi connectivity index (χ0) is 16.8. The highest BCUT2D eigenvalue weighted by molar-refractivity contribution is 5.92. The van der Waals surface area contributed by atoms with E-state index < -0.39 is 12.0 Å². The van der Waals surface area contributed by atoms with Crippen molar-refractivity contribution in [2.45, 2.75) is 38.7 Å². The van der Waals surface area contributed by atoms with Crippen LogP contribution in [0.25, 0.3) is 0 Å². The van der Waals surface area contributed by atoms with Gasteiger partial charge in [0.05, 0.1) is 12.1 Å². The van der Waals surface area contributed by atoms with Gasteiger partial charge in [-0.2, -0.15) is 0 Å². The Bertz CT molecular complexity index is 497. The van der Waals surface area contributed by atoms with E-state index >= 15 is 0 Å². The molecule has 0 fully saturated rings. The van der Waals surface area contributed by atoms with E-state index in [1.54, 1.807) is 0 Å². The number of ether oxygens (including phenoxy) is 1. The van der Waals surface area contributed by atoms with Crippen LogP contribution >= 0.6 is 0 Å². The Kier molecular flexibility index (Phi) is 6.04. The van der Waals surface area contributed by atoms with Gasteiger partial charge in [-0.3, -0.25) is 4.99 Å². The third-order valence-corrected chi connectivity index (χ3v) is 3.22. The lowest BCUT2D eigenvalue weighted by molar-refractivity contribution is -0.274. The number of guanidine groups is 1. The van der Waals surface area contributed by atoms with Gasteiger partial charge in [-0.05, 0) is 37.1 Å². The van der Waals surface area contributed by atoms with Crippen LogP contribution < -0.4 is 15.8 Å². The van der Waals surface area contributed by atoms with E-state index in [0.717, 1.165) is 12.1 Å². The molecule has 1 aromatic rings. The van der Waals surface area contributed by atoms with Crippen molar-refractivity contribution in [1.29, 1.82) is 0 Å². The van der Waals surface area contributed by atoms with Gasteiger partial charge in [-0.1, -0.05) is 13.8 Å². The molecule has 1 aromatic carbocycles. The van der Waals surface area contributed by atoms with Crippen molar-refractivity contribution in [3.8, 4) is 5.75 Å². The Balaban J connectivity index is 2.63. The summed E-state index contributed by atoms with van der Waals surface area (Å²) >= 11 is 0. The van der Waals surface area contributed by atoms with Gasteiger partial charge in [0.25, 0.3) is 0 Å². The molecule has 0 bridgehead atoms. The molecule has 0 saturated heterocycles. The van der Waals surface area contributed by atoms with Crippen LogP contribution in [-0.2, 0) is 0 Å². The van der Waals surface area contributed by atoms with Gasteiger partial charge < -0.3 is 20.9 Å². The average molecular weight is 319 g/mol. The molecule has 0 aliphatic carbocycles. The highest BCUT2D eigenvalue weighted by Gasteiger charge is 2.30. The van der Waals surface area contributed by atoms with Crippen molar-refractivity contribution in [3.05, 3.63) is 24.3 Å². The summed E-state index contributed by atoms with van der Waals surface area (Å²) in [4.78, 5) is 4.04. The summed E-state index contributed by atoms with van der Waals surface area (Å²) in [6, 6.07) is 5.10. The van der Waals surface area contributed by atoms with E-state index in [0.29, 0.717) is 18.5 Å². The molecule has 0 aliphatic heterocycles. The highest BCUT2D eigenvalue weighted by Crippen LogP contribution is 2.23. The molecule has 8 heteroatoms. The maximum Gasteiger partial charge on any atom is 0.573 e. The van der Waals surface area contributed by atoms with Crippen LogP contribution in [-0.4, -0.2) is 29.6 Å². The number of halogens is 3. The molecule has 4 N–H and O–H groups in total. The number of nitrogens with zero attached hydrogens (tertiary/aromatic N) is 1. The third-order valence-electron chi connectivity index (χ3n) is 3.22. The van der Waals surface area contributed by atoms with Crippen molar-refractivity contribution in [1.82, 2.24) is 0 Å². The van der Waals surface area contributed by atoms with Crippen LogP contribution in [0.1, 0.15) is 26.7 Å². The van der Waals surface area contributed by atoms with E-state index in [2.05, 4.69) is 15.0 Å². The molecule has 0 aliphatic rings. The summed E-state index contributed by atoms with van der Waals surface area (Å²) < 4.78 is 39.9. The molecule has 0 radical (unpaired) electrons. The number of hydrogen-bond acceptors (Lipinski definition) is 3. The zero-order valence-electron chi connectivity index (χ0n) is 12.4. The summed E-state index contributed by atoms with van der Waals surface area (Å²) in [6.07, 6.45) is -3.63. The fraction of sp³-hybridized carbons (Fsp3) is 0.500. The molecular formula is C14H20F3N3O2. The fourth-order valence-corrected chi connectivity index (χ4v) is 1.63. The molecule has 0 amide bonds. The lowest BCUT2D eigenvalue weighted by Crippen LogP contribution is -2.33. The van der Waals surface area contributed by atoms with Gasteiger partial charge in [0, 0.05) is 5.69 Å². The lowest BCUT2D eigenvalue weighted by Gasteiger charge is -2.22. The molecule has 22 heavy (non-hydrogen) atoms. The molecule has 0 spiro atoms. The topological polar surface area (TPSA) is 79.9 Å². The van der Waals surface area contributed by atoms with Crippen LogP contribution in [0.2, 0.25) is 0 Å². The standard InChI is InChI=1S/C14H20F3N3O2/c1-3-13(21,4-2)9-19-12(18)20-10-5-7-11(8-6-10)22-14(15,16)17/h5-8,21H,3-4,9H2,1-2H3,(H3,18,19,20). The van der Waals surface area contributed by atoms with Gasteiger partial charge in [0.2, 0.25) is 0 Å². The number of nitrogens with two attached hydrogens (primary N) is 1. The molecule has 0 unspecified atom stereocenters. The van der Waals surface area contributed by atoms with E-state index in [9.17, 15) is 18.3 Å². The van der Waals surface area contributed by atoms with E-state index in [-0.39, 0.29) is 18.3 Å². The summed E-state index contributed by atoms with van der Waals surface area (Å²) in [7, 11) is 0.